The largest absolute Gasteiger partial charge is 0.481 e. The van der Waals surface area contributed by atoms with Crippen LogP contribution in [0.4, 0.5) is 10.1 Å². The fraction of sp³-hybridized carbons (Fsp3) is 0.333. The van der Waals surface area contributed by atoms with Crippen LogP contribution in [0.25, 0.3) is 0 Å². The first-order valence-corrected chi connectivity index (χ1v) is 5.29. The summed E-state index contributed by atoms with van der Waals surface area (Å²) >= 11 is 0. The molecule has 5 heteroatoms. The number of carboxylic acid groups (broad SMARTS) is 1. The van der Waals surface area contributed by atoms with Gasteiger partial charge in [-0.3, -0.25) is 9.59 Å². The number of nitrogens with zero attached hydrogens (tertiary/aromatic N) is 1. The number of hydrogen-bond acceptors (Lipinski definition) is 2. The van der Waals surface area contributed by atoms with Crippen LogP contribution in [0.2, 0.25) is 0 Å². The van der Waals surface area contributed by atoms with Gasteiger partial charge in [-0.1, -0.05) is 12.1 Å². The Hall–Kier alpha value is -1.91. The Bertz CT molecular complexity index is 487. The van der Waals surface area contributed by atoms with E-state index in [9.17, 15) is 14.0 Å². The molecule has 0 aromatic heterocycles. The quantitative estimate of drug-likeness (QED) is 0.852. The van der Waals surface area contributed by atoms with Crippen molar-refractivity contribution in [3.8, 4) is 0 Å². The maximum absolute atomic E-state index is 13.7. The summed E-state index contributed by atoms with van der Waals surface area (Å²) in [5.74, 6) is -2.03. The van der Waals surface area contributed by atoms with Crippen LogP contribution in [0, 0.1) is 5.82 Å². The first kappa shape index (κ1) is 11.6. The molecule has 0 saturated heterocycles. The molecule has 0 fully saturated rings. The van der Waals surface area contributed by atoms with Crippen molar-refractivity contribution < 1.29 is 19.1 Å². The summed E-state index contributed by atoms with van der Waals surface area (Å²) in [6.45, 7) is 1.58. The Morgan fingerprint density at radius 3 is 2.82 bits per heavy atom. The van der Waals surface area contributed by atoms with Crippen LogP contribution < -0.4 is 4.90 Å². The van der Waals surface area contributed by atoms with Crippen molar-refractivity contribution in [3.63, 3.8) is 0 Å². The van der Waals surface area contributed by atoms with Crippen molar-refractivity contribution in [1.29, 1.82) is 0 Å². The van der Waals surface area contributed by atoms with Gasteiger partial charge in [0, 0.05) is 19.4 Å². The number of amides is 1. The number of carboxylic acids is 1. The lowest BCUT2D eigenvalue weighted by molar-refractivity contribution is -0.137. The van der Waals surface area contributed by atoms with E-state index in [1.807, 2.05) is 0 Å². The highest BCUT2D eigenvalue weighted by Gasteiger charge is 2.34. The van der Waals surface area contributed by atoms with E-state index in [0.29, 0.717) is 5.56 Å². The fourth-order valence-corrected chi connectivity index (χ4v) is 2.23. The van der Waals surface area contributed by atoms with Crippen LogP contribution in [0.15, 0.2) is 18.2 Å². The molecular formula is C12H12FNO3. The van der Waals surface area contributed by atoms with E-state index >= 15 is 0 Å². The number of carbonyl (C=O) groups excluding carboxylic acids is 1. The topological polar surface area (TPSA) is 57.6 Å². The second kappa shape index (κ2) is 4.16. The average Bonchev–Trinajstić information content (AvgIpc) is 2.58. The first-order chi connectivity index (χ1) is 8.00. The SMILES string of the molecule is CC(=O)N1CC(CC(=O)O)c2cccc(F)c21. The zero-order chi connectivity index (χ0) is 12.6. The molecule has 1 aliphatic heterocycles. The highest BCUT2D eigenvalue weighted by molar-refractivity contribution is 5.94. The highest BCUT2D eigenvalue weighted by Crippen LogP contribution is 2.39. The smallest absolute Gasteiger partial charge is 0.304 e. The lowest BCUT2D eigenvalue weighted by atomic mass is 9.98. The minimum absolute atomic E-state index is 0.0970. The minimum atomic E-state index is -0.949. The van der Waals surface area contributed by atoms with Gasteiger partial charge in [0.25, 0.3) is 0 Å². The van der Waals surface area contributed by atoms with Crippen LogP contribution in [-0.2, 0) is 9.59 Å². The third-order valence-electron chi connectivity index (χ3n) is 2.93. The third kappa shape index (κ3) is 2.00. The van der Waals surface area contributed by atoms with Crippen molar-refractivity contribution in [2.75, 3.05) is 11.4 Å². The molecule has 4 nitrogen and oxygen atoms in total. The Kier molecular flexibility index (Phi) is 2.83. The number of benzene rings is 1. The molecule has 17 heavy (non-hydrogen) atoms. The van der Waals surface area contributed by atoms with Crippen LogP contribution in [0.5, 0.6) is 0 Å². The summed E-state index contributed by atoms with van der Waals surface area (Å²) in [5, 5.41) is 8.80. The summed E-state index contributed by atoms with van der Waals surface area (Å²) in [4.78, 5) is 23.4. The lowest BCUT2D eigenvalue weighted by Gasteiger charge is -2.15. The van der Waals surface area contributed by atoms with Gasteiger partial charge in [0.2, 0.25) is 5.91 Å². The van der Waals surface area contributed by atoms with Gasteiger partial charge in [-0.25, -0.2) is 4.39 Å². The van der Waals surface area contributed by atoms with Crippen LogP contribution in [0.3, 0.4) is 0 Å². The van der Waals surface area contributed by atoms with E-state index in [1.165, 1.54) is 24.0 Å². The number of carbonyl (C=O) groups is 2. The maximum Gasteiger partial charge on any atom is 0.304 e. The van der Waals surface area contributed by atoms with E-state index in [1.54, 1.807) is 6.07 Å². The molecule has 0 aliphatic carbocycles. The van der Waals surface area contributed by atoms with Gasteiger partial charge in [-0.2, -0.15) is 0 Å². The van der Waals surface area contributed by atoms with E-state index in [-0.39, 0.29) is 30.5 Å². The molecule has 0 spiro atoms. The molecule has 90 valence electrons. The molecule has 1 aliphatic rings. The number of rotatable bonds is 2. The summed E-state index contributed by atoms with van der Waals surface area (Å²) in [5.41, 5.74) is 0.828. The van der Waals surface area contributed by atoms with Crippen molar-refractivity contribution in [1.82, 2.24) is 0 Å². The molecule has 1 atom stereocenters. The molecule has 0 saturated carbocycles. The van der Waals surface area contributed by atoms with Gasteiger partial charge in [-0.05, 0) is 11.6 Å². The molecular weight excluding hydrogens is 225 g/mol. The minimum Gasteiger partial charge on any atom is -0.481 e. The van der Waals surface area contributed by atoms with Crippen molar-refractivity contribution in [3.05, 3.63) is 29.6 Å². The molecule has 0 radical (unpaired) electrons. The summed E-state index contributed by atoms with van der Waals surface area (Å²) < 4.78 is 13.7. The molecule has 1 aromatic carbocycles. The number of fused-ring (bicyclic) bond motifs is 1. The second-order valence-electron chi connectivity index (χ2n) is 4.10. The Morgan fingerprint density at radius 2 is 2.24 bits per heavy atom. The standard InChI is InChI=1S/C12H12FNO3/c1-7(15)14-6-8(5-11(16)17)9-3-2-4-10(13)12(9)14/h2-4,8H,5-6H2,1H3,(H,16,17). The lowest BCUT2D eigenvalue weighted by Crippen LogP contribution is -2.28. The first-order valence-electron chi connectivity index (χ1n) is 5.29. The zero-order valence-electron chi connectivity index (χ0n) is 9.31. The molecule has 1 unspecified atom stereocenters. The maximum atomic E-state index is 13.7. The zero-order valence-corrected chi connectivity index (χ0v) is 9.31. The Morgan fingerprint density at radius 1 is 1.53 bits per heavy atom. The van der Waals surface area contributed by atoms with Gasteiger partial charge < -0.3 is 10.0 Å². The second-order valence-corrected chi connectivity index (χ2v) is 4.10. The Balaban J connectivity index is 2.44. The van der Waals surface area contributed by atoms with Gasteiger partial charge >= 0.3 is 5.97 Å². The van der Waals surface area contributed by atoms with E-state index in [4.69, 9.17) is 5.11 Å². The van der Waals surface area contributed by atoms with E-state index in [2.05, 4.69) is 0 Å². The van der Waals surface area contributed by atoms with Crippen LogP contribution in [-0.4, -0.2) is 23.5 Å². The number of anilines is 1. The molecule has 0 bridgehead atoms. The number of halogens is 1. The predicted molar refractivity (Wildman–Crippen MR) is 59.4 cm³/mol. The number of para-hydroxylation sites is 1. The van der Waals surface area contributed by atoms with E-state index < -0.39 is 11.8 Å². The van der Waals surface area contributed by atoms with Crippen molar-refractivity contribution in [2.45, 2.75) is 19.3 Å². The van der Waals surface area contributed by atoms with Gasteiger partial charge in [-0.15, -0.1) is 0 Å². The monoisotopic (exact) mass is 237 g/mol. The highest BCUT2D eigenvalue weighted by atomic mass is 19.1. The number of aliphatic carboxylic acids is 1. The molecule has 1 heterocycles. The van der Waals surface area contributed by atoms with Crippen LogP contribution >= 0.6 is 0 Å². The average molecular weight is 237 g/mol. The van der Waals surface area contributed by atoms with Crippen LogP contribution in [0.1, 0.15) is 24.8 Å². The van der Waals surface area contributed by atoms with Gasteiger partial charge in [0.15, 0.2) is 0 Å². The van der Waals surface area contributed by atoms with E-state index in [0.717, 1.165) is 0 Å². The summed E-state index contributed by atoms with van der Waals surface area (Å²) in [7, 11) is 0. The van der Waals surface area contributed by atoms with Crippen molar-refractivity contribution in [2.24, 2.45) is 0 Å². The van der Waals surface area contributed by atoms with Gasteiger partial charge in [0.05, 0.1) is 12.1 Å². The molecule has 1 amide bonds. The summed E-state index contributed by atoms with van der Waals surface area (Å²) in [6, 6.07) is 4.49. The fourth-order valence-electron chi connectivity index (χ4n) is 2.23. The summed E-state index contributed by atoms with van der Waals surface area (Å²) in [6.07, 6.45) is -0.0970. The number of hydrogen-bond donors (Lipinski definition) is 1. The van der Waals surface area contributed by atoms with Crippen molar-refractivity contribution >= 4 is 17.6 Å². The normalized spacial score (nSPS) is 18.0. The molecule has 2 rings (SSSR count). The van der Waals surface area contributed by atoms with Gasteiger partial charge in [0.1, 0.15) is 5.82 Å². The Labute approximate surface area is 97.7 Å². The molecule has 1 aromatic rings. The molecule has 1 N–H and O–H groups in total. The third-order valence-corrected chi connectivity index (χ3v) is 2.93. The predicted octanol–water partition coefficient (Wildman–Crippen LogP) is 1.75.